The molecule has 0 aliphatic rings. The summed E-state index contributed by atoms with van der Waals surface area (Å²) in [4.78, 5) is 22.3. The molecule has 18 nitrogen and oxygen atoms in total. The van der Waals surface area contributed by atoms with E-state index in [0.717, 1.165) is 23.3 Å². The first-order valence-corrected chi connectivity index (χ1v) is 20.0. The average molecular weight is 912 g/mol. The summed E-state index contributed by atoms with van der Waals surface area (Å²) < 4.78 is 67.5. The SMILES string of the molecule is O=C([O-])C(=O)Nc1cc(N=Nc2cc(S(=O)(=O)O)c3ccccc3c2[O-])ccc1N=Nc1ccc(-c2ccc(N=Nc3cc(S(=O)(=O)O)c4ccccc4c3[O-])cc2)cc1.[Na+].[Na+].[Na+]. The van der Waals surface area contributed by atoms with Crippen molar-refractivity contribution < 1.29 is 140 Å². The number of nitrogens with zero attached hydrogens (tertiary/aromatic N) is 6. The molecule has 0 aromatic heterocycles. The Hall–Kier alpha value is -4.78. The van der Waals surface area contributed by atoms with Gasteiger partial charge in [0.15, 0.2) is 0 Å². The molecule has 3 N–H and O–H groups in total. The molecule has 23 heteroatoms. The van der Waals surface area contributed by atoms with Crippen LogP contribution in [0.1, 0.15) is 0 Å². The third-order valence-corrected chi connectivity index (χ3v) is 10.5. The molecule has 0 spiro atoms. The standard InChI is InChI=1S/C40H27N7O11S2.3Na/c48-37-29-7-3-1-5-27(29)35(59(53,54)55)20-33(37)46-43-25-15-11-23(12-16-25)22-9-13-24(14-10-22)42-45-31-18-17-26(19-32(31)41-39(50)40(51)52)44-47-34-21-36(60(56,57)58)28-6-2-4-8-30(28)38(34)49;;;/h1-21,48-49H,(H,41,50)(H,51,52)(H,53,54,55)(H,56,57,58);;;/q;3*+1/p-3. The number of benzene rings is 7. The Kier molecular flexibility index (Phi) is 17.2. The quantitative estimate of drug-likeness (QED) is 0.0598. The van der Waals surface area contributed by atoms with Crippen LogP contribution >= 0.6 is 0 Å². The third kappa shape index (κ3) is 11.9. The van der Waals surface area contributed by atoms with Gasteiger partial charge in [-0.25, -0.2) is 0 Å². The minimum Gasteiger partial charge on any atom is -0.871 e. The van der Waals surface area contributed by atoms with Crippen molar-refractivity contribution in [2.75, 3.05) is 5.32 Å². The summed E-state index contributed by atoms with van der Waals surface area (Å²) in [7, 11) is -9.42. The van der Waals surface area contributed by atoms with Crippen LogP contribution in [0.5, 0.6) is 11.5 Å². The average Bonchev–Trinajstić information content (AvgIpc) is 3.22. The number of carbonyl (C=O) groups excluding carboxylic acids is 2. The van der Waals surface area contributed by atoms with E-state index < -0.39 is 59.1 Å². The molecule has 0 aliphatic heterocycles. The first-order valence-electron chi connectivity index (χ1n) is 17.1. The molecular formula is C40H24N7Na3O11S2. The van der Waals surface area contributed by atoms with E-state index in [9.17, 15) is 50.8 Å². The van der Waals surface area contributed by atoms with Gasteiger partial charge in [-0.1, -0.05) is 84.3 Å². The third-order valence-electron chi connectivity index (χ3n) is 8.73. The molecule has 0 saturated heterocycles. The molecule has 300 valence electrons. The normalized spacial score (nSPS) is 11.7. The first kappa shape index (κ1) is 50.9. The summed E-state index contributed by atoms with van der Waals surface area (Å²) in [6.45, 7) is 0. The summed E-state index contributed by atoms with van der Waals surface area (Å²) in [5, 5.41) is 63.5. The van der Waals surface area contributed by atoms with E-state index in [1.54, 1.807) is 54.6 Å². The monoisotopic (exact) mass is 911 g/mol. The van der Waals surface area contributed by atoms with Gasteiger partial charge in [-0.3, -0.25) is 13.9 Å². The maximum atomic E-state index is 13.0. The molecule has 0 aliphatic carbocycles. The van der Waals surface area contributed by atoms with Gasteiger partial charge in [0.05, 0.1) is 34.1 Å². The van der Waals surface area contributed by atoms with Crippen LogP contribution in [-0.2, 0) is 29.8 Å². The molecule has 7 aromatic rings. The van der Waals surface area contributed by atoms with Gasteiger partial charge in [-0.2, -0.15) is 42.4 Å². The van der Waals surface area contributed by atoms with Crippen LogP contribution in [-0.4, -0.2) is 37.8 Å². The number of hydrogen-bond donors (Lipinski definition) is 3. The van der Waals surface area contributed by atoms with Gasteiger partial charge in [-0.05, 0) is 76.5 Å². The van der Waals surface area contributed by atoms with Crippen LogP contribution in [0.25, 0.3) is 32.7 Å². The Bertz CT molecular complexity index is 3210. The molecule has 63 heavy (non-hydrogen) atoms. The Labute approximate surface area is 424 Å². The van der Waals surface area contributed by atoms with E-state index in [1.165, 1.54) is 60.7 Å². The molecule has 0 bridgehead atoms. The second-order valence-electron chi connectivity index (χ2n) is 12.6. The predicted octanol–water partition coefficient (Wildman–Crippen LogP) is -1.75. The van der Waals surface area contributed by atoms with Crippen molar-refractivity contribution in [2.24, 2.45) is 30.7 Å². The summed E-state index contributed by atoms with van der Waals surface area (Å²) in [6.07, 6.45) is 0. The summed E-state index contributed by atoms with van der Waals surface area (Å²) >= 11 is 0. The van der Waals surface area contributed by atoms with Crippen LogP contribution in [0.4, 0.5) is 39.8 Å². The van der Waals surface area contributed by atoms with Crippen molar-refractivity contribution in [2.45, 2.75) is 9.79 Å². The number of amides is 1. The molecule has 7 rings (SSSR count). The van der Waals surface area contributed by atoms with Gasteiger partial charge in [0.25, 0.3) is 26.1 Å². The Morgan fingerprint density at radius 3 is 1.24 bits per heavy atom. The predicted molar refractivity (Wildman–Crippen MR) is 211 cm³/mol. The smallest absolute Gasteiger partial charge is 0.871 e. The van der Waals surface area contributed by atoms with Gasteiger partial charge >= 0.3 is 88.7 Å². The number of carboxylic acids is 1. The molecule has 0 heterocycles. The van der Waals surface area contributed by atoms with Gasteiger partial charge in [0, 0.05) is 10.8 Å². The van der Waals surface area contributed by atoms with Crippen LogP contribution < -0.4 is 109 Å². The van der Waals surface area contributed by atoms with E-state index in [1.807, 2.05) is 0 Å². The number of anilines is 1. The van der Waals surface area contributed by atoms with E-state index >= 15 is 0 Å². The number of fused-ring (bicyclic) bond motifs is 2. The number of aliphatic carboxylic acids is 1. The number of nitrogens with one attached hydrogen (secondary N) is 1. The zero-order valence-corrected chi connectivity index (χ0v) is 40.8. The minimum absolute atomic E-state index is 0. The Morgan fingerprint density at radius 2 is 0.841 bits per heavy atom. The minimum atomic E-state index is -4.76. The summed E-state index contributed by atoms with van der Waals surface area (Å²) in [6, 6.07) is 30.7. The molecule has 0 fully saturated rings. The molecule has 0 radical (unpaired) electrons. The van der Waals surface area contributed by atoms with Crippen LogP contribution in [0, 0.1) is 0 Å². The van der Waals surface area contributed by atoms with E-state index in [-0.39, 0.29) is 133 Å². The van der Waals surface area contributed by atoms with Crippen LogP contribution in [0.2, 0.25) is 0 Å². The van der Waals surface area contributed by atoms with Crippen molar-refractivity contribution in [3.8, 4) is 22.6 Å². The summed E-state index contributed by atoms with van der Waals surface area (Å²) in [5.74, 6) is -4.80. The van der Waals surface area contributed by atoms with E-state index in [2.05, 4.69) is 36.0 Å². The van der Waals surface area contributed by atoms with Gasteiger partial charge in [0.2, 0.25) is 0 Å². The van der Waals surface area contributed by atoms with Crippen LogP contribution in [0.3, 0.4) is 0 Å². The molecule has 0 atom stereocenters. The zero-order chi connectivity index (χ0) is 42.8. The molecule has 1 amide bonds. The second-order valence-corrected chi connectivity index (χ2v) is 15.4. The Balaban J connectivity index is 0.00000290. The Morgan fingerprint density at radius 1 is 0.476 bits per heavy atom. The van der Waals surface area contributed by atoms with Gasteiger partial charge < -0.3 is 25.4 Å². The number of carbonyl (C=O) groups is 2. The second kappa shape index (κ2) is 21.3. The zero-order valence-electron chi connectivity index (χ0n) is 33.2. The number of carboxylic acid groups (broad SMARTS) is 1. The van der Waals surface area contributed by atoms with E-state index in [0.29, 0.717) is 11.4 Å². The largest absolute Gasteiger partial charge is 1.00 e. The van der Waals surface area contributed by atoms with Gasteiger partial charge in [0.1, 0.15) is 21.4 Å². The fourth-order valence-corrected chi connectivity index (χ4v) is 7.33. The molecule has 7 aromatic carbocycles. The van der Waals surface area contributed by atoms with Crippen molar-refractivity contribution in [1.29, 1.82) is 0 Å². The summed E-state index contributed by atoms with van der Waals surface area (Å²) in [5.41, 5.74) is 1.29. The number of azo groups is 3. The fraction of sp³-hybridized carbons (Fsp3) is 0. The van der Waals surface area contributed by atoms with Crippen molar-refractivity contribution in [1.82, 2.24) is 0 Å². The molecular weight excluding hydrogens is 888 g/mol. The van der Waals surface area contributed by atoms with Crippen molar-refractivity contribution >= 4 is 93.5 Å². The fourth-order valence-electron chi connectivity index (χ4n) is 5.90. The van der Waals surface area contributed by atoms with E-state index in [4.69, 9.17) is 0 Å². The first-order chi connectivity index (χ1) is 28.6. The number of rotatable bonds is 10. The number of hydrogen-bond acceptors (Lipinski definition) is 15. The van der Waals surface area contributed by atoms with Crippen molar-refractivity contribution in [3.05, 3.63) is 127 Å². The molecule has 0 saturated carbocycles. The van der Waals surface area contributed by atoms with Crippen molar-refractivity contribution in [3.63, 3.8) is 0 Å². The topological polar surface area (TPSA) is 298 Å². The van der Waals surface area contributed by atoms with Gasteiger partial charge in [-0.15, -0.1) is 5.11 Å². The maximum Gasteiger partial charge on any atom is 1.00 e. The van der Waals surface area contributed by atoms with Crippen LogP contribution in [0.15, 0.2) is 168 Å². The molecule has 0 unspecified atom stereocenters. The maximum absolute atomic E-state index is 13.0.